The first-order valence-electron chi connectivity index (χ1n) is 6.56. The van der Waals surface area contributed by atoms with E-state index >= 15 is 0 Å². The maximum Gasteiger partial charge on any atom is 0.0589 e. The van der Waals surface area contributed by atoms with Crippen molar-refractivity contribution in [2.75, 3.05) is 0 Å². The van der Waals surface area contributed by atoms with E-state index in [1.54, 1.807) is 6.20 Å². The van der Waals surface area contributed by atoms with Crippen molar-refractivity contribution in [1.82, 2.24) is 9.97 Å². The average Bonchev–Trinajstić information content (AvgIpc) is 2.47. The fraction of sp³-hybridized carbons (Fsp3) is 0.333. The zero-order chi connectivity index (χ0) is 13.2. The predicted octanol–water partition coefficient (Wildman–Crippen LogP) is 3.25. The third-order valence-corrected chi connectivity index (χ3v) is 3.99. The number of pyridine rings is 2. The summed E-state index contributed by atoms with van der Waals surface area (Å²) in [5, 5.41) is 0.637. The van der Waals surface area contributed by atoms with Crippen LogP contribution in [0.2, 0.25) is 5.02 Å². The van der Waals surface area contributed by atoms with E-state index in [1.165, 1.54) is 5.56 Å². The number of fused-ring (bicyclic) bond motifs is 1. The molecule has 2 N–H and O–H groups in total. The number of rotatable bonds is 2. The minimum atomic E-state index is -0.119. The molecule has 1 aliphatic carbocycles. The van der Waals surface area contributed by atoms with Gasteiger partial charge in [0.15, 0.2) is 0 Å². The Balaban J connectivity index is 1.92. The predicted molar refractivity (Wildman–Crippen MR) is 76.1 cm³/mol. The van der Waals surface area contributed by atoms with Crippen LogP contribution in [0.3, 0.4) is 0 Å². The van der Waals surface area contributed by atoms with E-state index in [4.69, 9.17) is 17.3 Å². The number of nitrogens with two attached hydrogens (primary N) is 1. The van der Waals surface area contributed by atoms with Crippen molar-refractivity contribution in [2.24, 2.45) is 5.73 Å². The van der Waals surface area contributed by atoms with Gasteiger partial charge in [0.05, 0.1) is 16.8 Å². The smallest absolute Gasteiger partial charge is 0.0589 e. The highest BCUT2D eigenvalue weighted by molar-refractivity contribution is 6.30. The molecule has 4 heteroatoms. The van der Waals surface area contributed by atoms with Crippen molar-refractivity contribution in [3.63, 3.8) is 0 Å². The van der Waals surface area contributed by atoms with Crippen LogP contribution in [0.5, 0.6) is 0 Å². The summed E-state index contributed by atoms with van der Waals surface area (Å²) in [6, 6.07) is 7.77. The minimum Gasteiger partial charge on any atom is -0.322 e. The van der Waals surface area contributed by atoms with Crippen molar-refractivity contribution in [3.05, 3.63) is 58.6 Å². The van der Waals surface area contributed by atoms with E-state index in [-0.39, 0.29) is 12.0 Å². The Morgan fingerprint density at radius 2 is 2.16 bits per heavy atom. The summed E-state index contributed by atoms with van der Waals surface area (Å²) in [7, 11) is 0. The molecule has 1 aliphatic rings. The molecule has 3 nitrogen and oxygen atoms in total. The quantitative estimate of drug-likeness (QED) is 0.914. The topological polar surface area (TPSA) is 51.8 Å². The third-order valence-electron chi connectivity index (χ3n) is 3.76. The number of halogens is 1. The van der Waals surface area contributed by atoms with Crippen LogP contribution in [0.1, 0.15) is 41.8 Å². The lowest BCUT2D eigenvalue weighted by Gasteiger charge is -2.28. The van der Waals surface area contributed by atoms with E-state index < -0.39 is 0 Å². The largest absolute Gasteiger partial charge is 0.322 e. The van der Waals surface area contributed by atoms with Gasteiger partial charge in [0, 0.05) is 24.0 Å². The van der Waals surface area contributed by atoms with Crippen molar-refractivity contribution in [2.45, 2.75) is 31.2 Å². The molecule has 0 fully saturated rings. The molecule has 0 spiro atoms. The number of aryl methyl sites for hydroxylation is 1. The zero-order valence-electron chi connectivity index (χ0n) is 10.6. The van der Waals surface area contributed by atoms with Gasteiger partial charge in [-0.3, -0.25) is 9.97 Å². The lowest BCUT2D eigenvalue weighted by atomic mass is 9.81. The Kier molecular flexibility index (Phi) is 3.49. The van der Waals surface area contributed by atoms with Gasteiger partial charge in [0.2, 0.25) is 0 Å². The van der Waals surface area contributed by atoms with Gasteiger partial charge in [-0.1, -0.05) is 17.7 Å². The Hall–Kier alpha value is -1.45. The first kappa shape index (κ1) is 12.6. The van der Waals surface area contributed by atoms with Gasteiger partial charge in [0.1, 0.15) is 0 Å². The first-order valence-corrected chi connectivity index (χ1v) is 6.94. The van der Waals surface area contributed by atoms with Gasteiger partial charge >= 0.3 is 0 Å². The molecule has 0 aromatic carbocycles. The van der Waals surface area contributed by atoms with Crippen LogP contribution in [0.4, 0.5) is 0 Å². The Labute approximate surface area is 117 Å². The van der Waals surface area contributed by atoms with Crippen LogP contribution in [-0.4, -0.2) is 9.97 Å². The van der Waals surface area contributed by atoms with Crippen LogP contribution < -0.4 is 5.73 Å². The maximum absolute atomic E-state index is 6.39. The molecule has 0 amide bonds. The third kappa shape index (κ3) is 2.48. The summed E-state index contributed by atoms with van der Waals surface area (Å²) >= 11 is 5.87. The molecular weight excluding hydrogens is 258 g/mol. The average molecular weight is 274 g/mol. The number of nitrogens with zero attached hydrogens (tertiary/aromatic N) is 2. The monoisotopic (exact) mass is 273 g/mol. The molecule has 0 saturated carbocycles. The van der Waals surface area contributed by atoms with E-state index in [1.807, 2.05) is 24.4 Å². The molecule has 0 bridgehead atoms. The lowest BCUT2D eigenvalue weighted by molar-refractivity contribution is 0.456. The van der Waals surface area contributed by atoms with Gasteiger partial charge in [-0.2, -0.15) is 0 Å². The highest BCUT2D eigenvalue weighted by atomic mass is 35.5. The van der Waals surface area contributed by atoms with Gasteiger partial charge in [-0.05, 0) is 43.0 Å². The molecule has 2 heterocycles. The fourth-order valence-corrected chi connectivity index (χ4v) is 2.90. The van der Waals surface area contributed by atoms with E-state index in [0.717, 1.165) is 30.7 Å². The van der Waals surface area contributed by atoms with E-state index in [2.05, 4.69) is 16.0 Å². The standard InChI is InChI=1S/C15H16ClN3/c16-11-6-7-13(19-9-11)14(17)12-5-1-3-10-4-2-8-18-15(10)12/h2,4,6-9,12,14H,1,3,5,17H2. The van der Waals surface area contributed by atoms with Gasteiger partial charge in [0.25, 0.3) is 0 Å². The molecule has 2 aromatic heterocycles. The lowest BCUT2D eigenvalue weighted by Crippen LogP contribution is -2.25. The molecule has 2 unspecified atom stereocenters. The molecule has 0 aliphatic heterocycles. The highest BCUT2D eigenvalue weighted by Gasteiger charge is 2.28. The van der Waals surface area contributed by atoms with Gasteiger partial charge in [-0.15, -0.1) is 0 Å². The summed E-state index contributed by atoms with van der Waals surface area (Å²) in [6.45, 7) is 0. The minimum absolute atomic E-state index is 0.119. The molecule has 2 atom stereocenters. The van der Waals surface area contributed by atoms with Crippen LogP contribution in [0.15, 0.2) is 36.7 Å². The summed E-state index contributed by atoms with van der Waals surface area (Å²) in [5.74, 6) is 0.249. The second kappa shape index (κ2) is 5.27. The number of aromatic nitrogens is 2. The van der Waals surface area contributed by atoms with Crippen LogP contribution in [-0.2, 0) is 6.42 Å². The van der Waals surface area contributed by atoms with Crippen molar-refractivity contribution < 1.29 is 0 Å². The normalized spacial score (nSPS) is 19.8. The maximum atomic E-state index is 6.39. The molecule has 0 radical (unpaired) electrons. The first-order chi connectivity index (χ1) is 9.25. The van der Waals surface area contributed by atoms with Crippen molar-refractivity contribution in [3.8, 4) is 0 Å². The molecule has 0 saturated heterocycles. The number of hydrogen-bond acceptors (Lipinski definition) is 3. The molecule has 98 valence electrons. The Morgan fingerprint density at radius 3 is 2.95 bits per heavy atom. The summed E-state index contributed by atoms with van der Waals surface area (Å²) in [5.41, 5.74) is 9.73. The second-order valence-corrected chi connectivity index (χ2v) is 5.41. The zero-order valence-corrected chi connectivity index (χ0v) is 11.3. The molecule has 3 rings (SSSR count). The fourth-order valence-electron chi connectivity index (χ4n) is 2.79. The molecule has 2 aromatic rings. The summed E-state index contributed by atoms with van der Waals surface area (Å²) < 4.78 is 0. The second-order valence-electron chi connectivity index (χ2n) is 4.97. The van der Waals surface area contributed by atoms with Crippen molar-refractivity contribution in [1.29, 1.82) is 0 Å². The summed E-state index contributed by atoms with van der Waals surface area (Å²) in [6.07, 6.45) is 6.82. The van der Waals surface area contributed by atoms with E-state index in [9.17, 15) is 0 Å². The molecule has 19 heavy (non-hydrogen) atoms. The van der Waals surface area contributed by atoms with Crippen LogP contribution >= 0.6 is 11.6 Å². The van der Waals surface area contributed by atoms with Gasteiger partial charge < -0.3 is 5.73 Å². The highest BCUT2D eigenvalue weighted by Crippen LogP contribution is 2.37. The van der Waals surface area contributed by atoms with E-state index in [0.29, 0.717) is 5.02 Å². The number of hydrogen-bond donors (Lipinski definition) is 1. The van der Waals surface area contributed by atoms with Crippen LogP contribution in [0, 0.1) is 0 Å². The Bertz CT molecular complexity index is 568. The Morgan fingerprint density at radius 1 is 1.26 bits per heavy atom. The SMILES string of the molecule is NC(c1ccc(Cl)cn1)C1CCCc2cccnc21. The summed E-state index contributed by atoms with van der Waals surface area (Å²) in [4.78, 5) is 8.87. The van der Waals surface area contributed by atoms with Gasteiger partial charge in [-0.25, -0.2) is 0 Å². The van der Waals surface area contributed by atoms with Crippen molar-refractivity contribution >= 4 is 11.6 Å². The van der Waals surface area contributed by atoms with Crippen LogP contribution in [0.25, 0.3) is 0 Å². The molecular formula is C15H16ClN3.